The fourth-order valence-corrected chi connectivity index (χ4v) is 2.69. The number of aryl methyl sites for hydroxylation is 2. The van der Waals surface area contributed by atoms with E-state index in [-0.39, 0.29) is 0 Å². The van der Waals surface area contributed by atoms with Crippen LogP contribution in [0.1, 0.15) is 41.9 Å². The number of hydrogen-bond acceptors (Lipinski definition) is 4. The Balaban J connectivity index is 1.69. The Morgan fingerprint density at radius 1 is 1.35 bits per heavy atom. The van der Waals surface area contributed by atoms with Gasteiger partial charge in [0.05, 0.1) is 6.54 Å². The van der Waals surface area contributed by atoms with Crippen LogP contribution in [-0.2, 0) is 25.9 Å². The summed E-state index contributed by atoms with van der Waals surface area (Å²) in [6.07, 6.45) is 5.09. The molecule has 0 aromatic carbocycles. The van der Waals surface area contributed by atoms with E-state index >= 15 is 0 Å². The maximum absolute atomic E-state index is 5.65. The largest absolute Gasteiger partial charge is 0.465 e. The zero-order valence-electron chi connectivity index (χ0n) is 12.2. The first-order valence-electron chi connectivity index (χ1n) is 7.36. The molecule has 0 saturated carbocycles. The molecule has 106 valence electrons. The normalized spacial score (nSPS) is 15.3. The van der Waals surface area contributed by atoms with E-state index in [1.165, 1.54) is 11.3 Å². The molecule has 4 heteroatoms. The van der Waals surface area contributed by atoms with Gasteiger partial charge in [-0.3, -0.25) is 4.90 Å². The van der Waals surface area contributed by atoms with Gasteiger partial charge in [-0.25, -0.2) is 9.97 Å². The molecule has 0 aliphatic carbocycles. The predicted molar refractivity (Wildman–Crippen MR) is 77.3 cm³/mol. The summed E-state index contributed by atoms with van der Waals surface area (Å²) in [7, 11) is 0. The van der Waals surface area contributed by atoms with Gasteiger partial charge in [0.15, 0.2) is 0 Å². The number of furan rings is 1. The van der Waals surface area contributed by atoms with Gasteiger partial charge in [0.2, 0.25) is 0 Å². The van der Waals surface area contributed by atoms with Gasteiger partial charge in [-0.05, 0) is 25.5 Å². The van der Waals surface area contributed by atoms with Gasteiger partial charge in [-0.2, -0.15) is 0 Å². The van der Waals surface area contributed by atoms with E-state index in [4.69, 9.17) is 4.42 Å². The van der Waals surface area contributed by atoms with E-state index < -0.39 is 0 Å². The van der Waals surface area contributed by atoms with Crippen molar-refractivity contribution in [2.24, 2.45) is 0 Å². The molecule has 0 fully saturated rings. The minimum absolute atomic E-state index is 0.865. The van der Waals surface area contributed by atoms with Gasteiger partial charge in [-0.1, -0.05) is 6.92 Å². The first kappa shape index (κ1) is 13.3. The number of fused-ring (bicyclic) bond motifs is 1. The van der Waals surface area contributed by atoms with Crippen molar-refractivity contribution in [1.29, 1.82) is 0 Å². The molecule has 0 unspecified atom stereocenters. The minimum atomic E-state index is 0.865. The summed E-state index contributed by atoms with van der Waals surface area (Å²) >= 11 is 0. The van der Waals surface area contributed by atoms with Crippen LogP contribution in [0, 0.1) is 6.92 Å². The molecule has 0 radical (unpaired) electrons. The number of nitrogens with zero attached hydrogens (tertiary/aromatic N) is 3. The van der Waals surface area contributed by atoms with Crippen molar-refractivity contribution >= 4 is 0 Å². The highest BCUT2D eigenvalue weighted by atomic mass is 16.3. The van der Waals surface area contributed by atoms with E-state index in [1.54, 1.807) is 0 Å². The van der Waals surface area contributed by atoms with Crippen molar-refractivity contribution in [2.75, 3.05) is 6.54 Å². The molecule has 0 amide bonds. The highest BCUT2D eigenvalue weighted by Crippen LogP contribution is 2.19. The standard InChI is InChI=1S/C16H21N3O/c1-3-4-16-17-9-13-10-19(8-7-15(13)18-16)11-14-6-5-12(2)20-14/h5-6,9H,3-4,7-8,10-11H2,1-2H3. The van der Waals surface area contributed by atoms with Gasteiger partial charge in [-0.15, -0.1) is 0 Å². The minimum Gasteiger partial charge on any atom is -0.465 e. The van der Waals surface area contributed by atoms with Crippen LogP contribution in [0.2, 0.25) is 0 Å². The SMILES string of the molecule is CCCc1ncc2c(n1)CCN(Cc1ccc(C)o1)C2. The fraction of sp³-hybridized carbons (Fsp3) is 0.500. The smallest absolute Gasteiger partial charge is 0.128 e. The summed E-state index contributed by atoms with van der Waals surface area (Å²) in [5.41, 5.74) is 2.50. The van der Waals surface area contributed by atoms with Gasteiger partial charge < -0.3 is 4.42 Å². The van der Waals surface area contributed by atoms with Crippen LogP contribution in [0.4, 0.5) is 0 Å². The second-order valence-corrected chi connectivity index (χ2v) is 5.48. The number of hydrogen-bond donors (Lipinski definition) is 0. The average Bonchev–Trinajstić information content (AvgIpc) is 2.85. The van der Waals surface area contributed by atoms with E-state index in [0.717, 1.165) is 56.2 Å². The van der Waals surface area contributed by atoms with Crippen LogP contribution in [0.15, 0.2) is 22.7 Å². The van der Waals surface area contributed by atoms with Crippen LogP contribution in [0.3, 0.4) is 0 Å². The summed E-state index contributed by atoms with van der Waals surface area (Å²) in [4.78, 5) is 11.5. The molecule has 1 aliphatic rings. The Morgan fingerprint density at radius 2 is 2.25 bits per heavy atom. The molecule has 0 spiro atoms. The molecule has 3 rings (SSSR count). The topological polar surface area (TPSA) is 42.2 Å². The van der Waals surface area contributed by atoms with Crippen LogP contribution in [0.25, 0.3) is 0 Å². The monoisotopic (exact) mass is 271 g/mol. The Labute approximate surface area is 119 Å². The van der Waals surface area contributed by atoms with Gasteiger partial charge in [0.25, 0.3) is 0 Å². The lowest BCUT2D eigenvalue weighted by Gasteiger charge is -2.27. The fourth-order valence-electron chi connectivity index (χ4n) is 2.69. The first-order valence-corrected chi connectivity index (χ1v) is 7.36. The average molecular weight is 271 g/mol. The van der Waals surface area contributed by atoms with Crippen molar-refractivity contribution in [3.05, 3.63) is 46.9 Å². The molecule has 4 nitrogen and oxygen atoms in total. The molecule has 2 aromatic heterocycles. The van der Waals surface area contributed by atoms with Crippen LogP contribution in [-0.4, -0.2) is 21.4 Å². The molecule has 0 N–H and O–H groups in total. The Kier molecular flexibility index (Phi) is 3.83. The summed E-state index contributed by atoms with van der Waals surface area (Å²) in [6, 6.07) is 4.08. The molecule has 1 aliphatic heterocycles. The molecule has 0 saturated heterocycles. The Morgan fingerprint density at radius 3 is 3.00 bits per heavy atom. The second-order valence-electron chi connectivity index (χ2n) is 5.48. The quantitative estimate of drug-likeness (QED) is 0.857. The molecular weight excluding hydrogens is 250 g/mol. The third-order valence-corrected chi connectivity index (χ3v) is 3.71. The highest BCUT2D eigenvalue weighted by molar-refractivity contribution is 5.21. The number of rotatable bonds is 4. The third-order valence-electron chi connectivity index (χ3n) is 3.71. The summed E-state index contributed by atoms with van der Waals surface area (Å²) in [5, 5.41) is 0. The molecule has 2 aromatic rings. The van der Waals surface area contributed by atoms with Crippen molar-refractivity contribution < 1.29 is 4.42 Å². The van der Waals surface area contributed by atoms with Gasteiger partial charge in [0, 0.05) is 43.4 Å². The molecule has 3 heterocycles. The molecule has 0 atom stereocenters. The summed E-state index contributed by atoms with van der Waals surface area (Å²) in [5.74, 6) is 3.00. The summed E-state index contributed by atoms with van der Waals surface area (Å²) < 4.78 is 5.65. The predicted octanol–water partition coefficient (Wildman–Crippen LogP) is 2.89. The van der Waals surface area contributed by atoms with E-state index in [0.29, 0.717) is 0 Å². The molecule has 20 heavy (non-hydrogen) atoms. The zero-order valence-corrected chi connectivity index (χ0v) is 12.2. The Hall–Kier alpha value is -1.68. The lowest BCUT2D eigenvalue weighted by Crippen LogP contribution is -2.31. The van der Waals surface area contributed by atoms with Crippen LogP contribution in [0.5, 0.6) is 0 Å². The highest BCUT2D eigenvalue weighted by Gasteiger charge is 2.19. The van der Waals surface area contributed by atoms with Crippen molar-refractivity contribution in [3.63, 3.8) is 0 Å². The molecular formula is C16H21N3O. The Bertz CT molecular complexity index is 591. The van der Waals surface area contributed by atoms with Gasteiger partial charge >= 0.3 is 0 Å². The van der Waals surface area contributed by atoms with E-state index in [2.05, 4.69) is 27.9 Å². The van der Waals surface area contributed by atoms with Crippen LogP contribution >= 0.6 is 0 Å². The lowest BCUT2D eigenvalue weighted by molar-refractivity contribution is 0.222. The van der Waals surface area contributed by atoms with Crippen molar-refractivity contribution in [1.82, 2.24) is 14.9 Å². The maximum atomic E-state index is 5.65. The van der Waals surface area contributed by atoms with Crippen molar-refractivity contribution in [2.45, 2.75) is 46.2 Å². The lowest BCUT2D eigenvalue weighted by atomic mass is 10.1. The summed E-state index contributed by atoms with van der Waals surface area (Å²) in [6.45, 7) is 6.97. The van der Waals surface area contributed by atoms with E-state index in [9.17, 15) is 0 Å². The first-order chi connectivity index (χ1) is 9.74. The van der Waals surface area contributed by atoms with Crippen molar-refractivity contribution in [3.8, 4) is 0 Å². The van der Waals surface area contributed by atoms with Gasteiger partial charge in [0.1, 0.15) is 17.3 Å². The third kappa shape index (κ3) is 2.90. The maximum Gasteiger partial charge on any atom is 0.128 e. The second kappa shape index (κ2) is 5.75. The number of aromatic nitrogens is 2. The molecule has 0 bridgehead atoms. The van der Waals surface area contributed by atoms with Crippen LogP contribution < -0.4 is 0 Å². The zero-order chi connectivity index (χ0) is 13.9. The van der Waals surface area contributed by atoms with E-state index in [1.807, 2.05) is 19.2 Å².